The first-order valence-corrected chi connectivity index (χ1v) is 6.40. The Morgan fingerprint density at radius 1 is 1.47 bits per heavy atom. The van der Waals surface area contributed by atoms with E-state index in [1.165, 1.54) is 12.8 Å². The molecule has 0 aromatic heterocycles. The summed E-state index contributed by atoms with van der Waals surface area (Å²) in [5, 5.41) is 3.45. The van der Waals surface area contributed by atoms with E-state index in [-0.39, 0.29) is 0 Å². The Bertz CT molecular complexity index is 385. The Morgan fingerprint density at radius 2 is 2.18 bits per heavy atom. The van der Waals surface area contributed by atoms with E-state index in [0.717, 1.165) is 29.5 Å². The molecule has 1 aromatic rings. The molecule has 0 spiro atoms. The van der Waals surface area contributed by atoms with Gasteiger partial charge in [0.2, 0.25) is 0 Å². The van der Waals surface area contributed by atoms with Gasteiger partial charge in [0.25, 0.3) is 0 Å². The number of nitrogen functional groups attached to an aromatic ring is 1. The smallest absolute Gasteiger partial charge is 0.0364 e. The first-order chi connectivity index (χ1) is 8.08. The van der Waals surface area contributed by atoms with Gasteiger partial charge < -0.3 is 11.1 Å². The van der Waals surface area contributed by atoms with Crippen LogP contribution in [-0.2, 0) is 0 Å². The van der Waals surface area contributed by atoms with Gasteiger partial charge in [-0.3, -0.25) is 4.90 Å². The lowest BCUT2D eigenvalue weighted by molar-refractivity contribution is 0.257. The van der Waals surface area contributed by atoms with Crippen molar-refractivity contribution in [3.05, 3.63) is 23.8 Å². The topological polar surface area (TPSA) is 41.3 Å². The maximum Gasteiger partial charge on any atom is 0.0364 e. The molecule has 0 saturated heterocycles. The summed E-state index contributed by atoms with van der Waals surface area (Å²) >= 11 is 0. The fraction of sp³-hybridized carbons (Fsp3) is 0.571. The lowest BCUT2D eigenvalue weighted by Crippen LogP contribution is -2.36. The molecule has 0 heterocycles. The lowest BCUT2D eigenvalue weighted by Gasteiger charge is -2.25. The molecule has 1 saturated carbocycles. The quantitative estimate of drug-likeness (QED) is 0.768. The zero-order valence-electron chi connectivity index (χ0n) is 11.0. The van der Waals surface area contributed by atoms with Crippen LogP contribution in [0.1, 0.15) is 25.3 Å². The van der Waals surface area contributed by atoms with Gasteiger partial charge in [-0.25, -0.2) is 0 Å². The predicted molar refractivity (Wildman–Crippen MR) is 74.3 cm³/mol. The average molecular weight is 233 g/mol. The summed E-state index contributed by atoms with van der Waals surface area (Å²) in [6.07, 6.45) is 2.72. The Morgan fingerprint density at radius 3 is 2.76 bits per heavy atom. The summed E-state index contributed by atoms with van der Waals surface area (Å²) in [6.45, 7) is 5.26. The molecule has 1 unspecified atom stereocenters. The van der Waals surface area contributed by atoms with E-state index in [9.17, 15) is 0 Å². The average Bonchev–Trinajstić information content (AvgIpc) is 3.13. The van der Waals surface area contributed by atoms with Crippen LogP contribution in [-0.4, -0.2) is 30.6 Å². The minimum Gasteiger partial charge on any atom is -0.398 e. The van der Waals surface area contributed by atoms with Gasteiger partial charge in [0.1, 0.15) is 0 Å². The summed E-state index contributed by atoms with van der Waals surface area (Å²) < 4.78 is 0. The summed E-state index contributed by atoms with van der Waals surface area (Å²) in [4.78, 5) is 2.46. The third-order valence-electron chi connectivity index (χ3n) is 3.70. The maximum atomic E-state index is 5.89. The molecule has 0 bridgehead atoms. The second-order valence-electron chi connectivity index (χ2n) is 5.20. The van der Waals surface area contributed by atoms with E-state index < -0.39 is 0 Å². The van der Waals surface area contributed by atoms with Gasteiger partial charge in [0.15, 0.2) is 0 Å². The van der Waals surface area contributed by atoms with Crippen molar-refractivity contribution < 1.29 is 0 Å². The third-order valence-corrected chi connectivity index (χ3v) is 3.70. The van der Waals surface area contributed by atoms with Gasteiger partial charge >= 0.3 is 0 Å². The lowest BCUT2D eigenvalue weighted by atomic mass is 10.2. The summed E-state index contributed by atoms with van der Waals surface area (Å²) in [5.74, 6) is 0. The Hall–Kier alpha value is -1.22. The Balaban J connectivity index is 1.86. The van der Waals surface area contributed by atoms with E-state index in [2.05, 4.69) is 36.3 Å². The Labute approximate surface area is 104 Å². The first kappa shape index (κ1) is 12.2. The number of hydrogen-bond donors (Lipinski definition) is 2. The number of nitrogens with one attached hydrogen (secondary N) is 1. The summed E-state index contributed by atoms with van der Waals surface area (Å²) in [7, 11) is 2.22. The van der Waals surface area contributed by atoms with Crippen LogP contribution in [0.15, 0.2) is 18.2 Å². The van der Waals surface area contributed by atoms with Crippen molar-refractivity contribution in [3.63, 3.8) is 0 Å². The van der Waals surface area contributed by atoms with E-state index in [1.807, 2.05) is 13.0 Å². The van der Waals surface area contributed by atoms with Crippen molar-refractivity contribution in [3.8, 4) is 0 Å². The molecule has 3 N–H and O–H groups in total. The number of likely N-dealkylation sites (N-methyl/N-ethyl adjacent to an activating group) is 1. The number of benzene rings is 1. The molecule has 0 aliphatic heterocycles. The standard InChI is InChI=1S/C14H23N3/c1-10-4-5-12(8-14(10)15)16-9-11(2)17(3)13-6-7-13/h4-5,8,11,13,16H,6-7,9,15H2,1-3H3. The Kier molecular flexibility index (Phi) is 3.57. The number of aryl methyl sites for hydroxylation is 1. The number of nitrogens with zero attached hydrogens (tertiary/aromatic N) is 1. The van der Waals surface area contributed by atoms with Crippen LogP contribution in [0.25, 0.3) is 0 Å². The normalized spacial score (nSPS) is 17.2. The fourth-order valence-corrected chi connectivity index (χ4v) is 2.00. The number of anilines is 2. The molecular formula is C14H23N3. The molecule has 3 heteroatoms. The summed E-state index contributed by atoms with van der Waals surface area (Å²) in [6, 6.07) is 7.54. The van der Waals surface area contributed by atoms with Crippen molar-refractivity contribution in [2.75, 3.05) is 24.6 Å². The summed E-state index contributed by atoms with van der Waals surface area (Å²) in [5.41, 5.74) is 9.01. The van der Waals surface area contributed by atoms with Crippen LogP contribution < -0.4 is 11.1 Å². The molecule has 0 amide bonds. The van der Waals surface area contributed by atoms with Crippen LogP contribution in [0, 0.1) is 6.92 Å². The highest BCUT2D eigenvalue weighted by atomic mass is 15.2. The van der Waals surface area contributed by atoms with Crippen molar-refractivity contribution in [1.29, 1.82) is 0 Å². The zero-order valence-corrected chi connectivity index (χ0v) is 11.0. The molecular weight excluding hydrogens is 210 g/mol. The highest BCUT2D eigenvalue weighted by Gasteiger charge is 2.28. The molecule has 1 aliphatic rings. The highest BCUT2D eigenvalue weighted by molar-refractivity contribution is 5.58. The molecule has 94 valence electrons. The van der Waals surface area contributed by atoms with Crippen molar-refractivity contribution >= 4 is 11.4 Å². The zero-order chi connectivity index (χ0) is 12.4. The van der Waals surface area contributed by atoms with E-state index in [4.69, 9.17) is 5.73 Å². The van der Waals surface area contributed by atoms with Gasteiger partial charge in [-0.1, -0.05) is 6.07 Å². The minimum absolute atomic E-state index is 0.560. The van der Waals surface area contributed by atoms with Gasteiger partial charge in [-0.2, -0.15) is 0 Å². The van der Waals surface area contributed by atoms with Crippen molar-refractivity contribution in [2.45, 2.75) is 38.8 Å². The molecule has 1 aliphatic carbocycles. The minimum atomic E-state index is 0.560. The van der Waals surface area contributed by atoms with Crippen molar-refractivity contribution in [1.82, 2.24) is 4.90 Å². The maximum absolute atomic E-state index is 5.89. The van der Waals surface area contributed by atoms with Gasteiger partial charge in [-0.15, -0.1) is 0 Å². The van der Waals surface area contributed by atoms with E-state index in [1.54, 1.807) is 0 Å². The molecule has 2 rings (SSSR count). The van der Waals surface area contributed by atoms with Gasteiger partial charge in [0.05, 0.1) is 0 Å². The number of nitrogens with two attached hydrogens (primary N) is 1. The number of rotatable bonds is 5. The van der Waals surface area contributed by atoms with Crippen molar-refractivity contribution in [2.24, 2.45) is 0 Å². The molecule has 3 nitrogen and oxygen atoms in total. The second-order valence-corrected chi connectivity index (χ2v) is 5.20. The highest BCUT2D eigenvalue weighted by Crippen LogP contribution is 2.27. The molecule has 17 heavy (non-hydrogen) atoms. The monoisotopic (exact) mass is 233 g/mol. The van der Waals surface area contributed by atoms with E-state index >= 15 is 0 Å². The number of hydrogen-bond acceptors (Lipinski definition) is 3. The SMILES string of the molecule is Cc1ccc(NCC(C)N(C)C2CC2)cc1N. The molecule has 1 fully saturated rings. The third kappa shape index (κ3) is 3.13. The molecule has 1 atom stereocenters. The molecule has 1 aromatic carbocycles. The van der Waals surface area contributed by atoms with E-state index in [0.29, 0.717) is 6.04 Å². The van der Waals surface area contributed by atoms with Gasteiger partial charge in [-0.05, 0) is 51.4 Å². The van der Waals surface area contributed by atoms with Crippen LogP contribution >= 0.6 is 0 Å². The van der Waals surface area contributed by atoms with Crippen LogP contribution in [0.5, 0.6) is 0 Å². The van der Waals surface area contributed by atoms with Crippen LogP contribution in [0.3, 0.4) is 0 Å². The first-order valence-electron chi connectivity index (χ1n) is 6.40. The molecule has 0 radical (unpaired) electrons. The largest absolute Gasteiger partial charge is 0.398 e. The van der Waals surface area contributed by atoms with Gasteiger partial charge in [0, 0.05) is 30.0 Å². The second kappa shape index (κ2) is 4.96. The van der Waals surface area contributed by atoms with Crippen LogP contribution in [0.2, 0.25) is 0 Å². The predicted octanol–water partition coefficient (Wildman–Crippen LogP) is 2.47. The van der Waals surface area contributed by atoms with Crippen LogP contribution in [0.4, 0.5) is 11.4 Å². The fourth-order valence-electron chi connectivity index (χ4n) is 2.00.